The lowest BCUT2D eigenvalue weighted by atomic mass is 9.75. The molecule has 0 saturated carbocycles. The third-order valence-corrected chi connectivity index (χ3v) is 5.94. The Morgan fingerprint density at radius 2 is 1.58 bits per heavy atom. The van der Waals surface area contributed by atoms with Crippen molar-refractivity contribution in [2.24, 2.45) is 5.92 Å². The first-order valence-corrected chi connectivity index (χ1v) is 12.8. The highest BCUT2D eigenvalue weighted by Gasteiger charge is 2.54. The summed E-state index contributed by atoms with van der Waals surface area (Å²) in [5.74, 6) is 0.584. The Hall–Kier alpha value is -0.0982. The summed E-state index contributed by atoms with van der Waals surface area (Å²) in [6, 6.07) is 0.0134. The van der Waals surface area contributed by atoms with Crippen LogP contribution >= 0.6 is 0 Å². The van der Waals surface area contributed by atoms with E-state index in [1.54, 1.807) is 0 Å². The lowest BCUT2D eigenvalue weighted by molar-refractivity contribution is 0.00578. The molecule has 0 aliphatic carbocycles. The maximum atomic E-state index is 6.48. The van der Waals surface area contributed by atoms with E-state index in [9.17, 15) is 0 Å². The van der Waals surface area contributed by atoms with E-state index in [0.717, 1.165) is 12.8 Å². The van der Waals surface area contributed by atoms with Crippen molar-refractivity contribution in [3.8, 4) is 0 Å². The molecule has 1 heterocycles. The summed E-state index contributed by atoms with van der Waals surface area (Å²) in [6.45, 7) is 21.8. The molecule has 0 aromatic rings. The number of hydrogen-bond donors (Lipinski definition) is 0. The van der Waals surface area contributed by atoms with Gasteiger partial charge in [0.2, 0.25) is 0 Å². The summed E-state index contributed by atoms with van der Waals surface area (Å²) >= 11 is 0. The molecule has 24 heavy (non-hydrogen) atoms. The molecule has 1 aliphatic rings. The number of hydrogen-bond acceptors (Lipinski definition) is 3. The smallest absolute Gasteiger partial charge is 0.417 e. The van der Waals surface area contributed by atoms with Crippen LogP contribution in [0.3, 0.4) is 0 Å². The Balaban J connectivity index is 2.77. The van der Waals surface area contributed by atoms with E-state index >= 15 is 0 Å². The van der Waals surface area contributed by atoms with Crippen molar-refractivity contribution in [3.05, 3.63) is 11.6 Å². The van der Waals surface area contributed by atoms with Gasteiger partial charge in [0.1, 0.15) is 0 Å². The fourth-order valence-electron chi connectivity index (χ4n) is 2.88. The van der Waals surface area contributed by atoms with Crippen LogP contribution in [0.5, 0.6) is 0 Å². The molecule has 5 heteroatoms. The fourth-order valence-corrected chi connectivity index (χ4v) is 4.00. The molecule has 0 unspecified atom stereocenters. The largest absolute Gasteiger partial charge is 0.487 e. The van der Waals surface area contributed by atoms with Crippen LogP contribution in [0.15, 0.2) is 11.6 Å². The van der Waals surface area contributed by atoms with Crippen molar-refractivity contribution in [1.29, 1.82) is 0 Å². The Kier molecular flexibility index (Phi) is 7.38. The quantitative estimate of drug-likeness (QED) is 0.419. The van der Waals surface area contributed by atoms with E-state index in [1.807, 2.05) is 0 Å². The minimum absolute atomic E-state index is 0.0134. The van der Waals surface area contributed by atoms with Crippen molar-refractivity contribution in [2.75, 3.05) is 0 Å². The van der Waals surface area contributed by atoms with Crippen molar-refractivity contribution in [1.82, 2.24) is 0 Å². The van der Waals surface area contributed by atoms with Gasteiger partial charge in [-0.25, -0.2) is 0 Å². The van der Waals surface area contributed by atoms with E-state index < -0.39 is 8.32 Å². The molecule has 0 aromatic heterocycles. The van der Waals surface area contributed by atoms with Gasteiger partial charge in [0.25, 0.3) is 0 Å². The van der Waals surface area contributed by atoms with Gasteiger partial charge in [-0.2, -0.15) is 0 Å². The monoisotopic (exact) mass is 354 g/mol. The molecule has 1 saturated heterocycles. The second-order valence-electron chi connectivity index (χ2n) is 9.59. The normalized spacial score (nSPS) is 22.3. The van der Waals surface area contributed by atoms with Gasteiger partial charge >= 0.3 is 7.12 Å². The maximum absolute atomic E-state index is 6.48. The van der Waals surface area contributed by atoms with Gasteiger partial charge in [-0.3, -0.25) is 0 Å². The van der Waals surface area contributed by atoms with E-state index in [2.05, 4.69) is 74.2 Å². The molecule has 0 aromatic carbocycles. The van der Waals surface area contributed by atoms with Gasteiger partial charge in [-0.15, -0.1) is 0 Å². The van der Waals surface area contributed by atoms with E-state index in [-0.39, 0.29) is 24.3 Å². The van der Waals surface area contributed by atoms with Crippen LogP contribution < -0.4 is 0 Å². The molecule has 2 atom stereocenters. The molecular weight excluding hydrogens is 315 g/mol. The summed E-state index contributed by atoms with van der Waals surface area (Å²) in [4.78, 5) is 0. The van der Waals surface area contributed by atoms with Gasteiger partial charge in [-0.05, 0) is 86.4 Å². The molecule has 0 N–H and O–H groups in total. The molecule has 0 bridgehead atoms. The van der Waals surface area contributed by atoms with Crippen LogP contribution in [0, 0.1) is 5.92 Å². The first-order valence-electron chi connectivity index (χ1n) is 9.40. The second kappa shape index (κ2) is 8.07. The highest BCUT2D eigenvalue weighted by Crippen LogP contribution is 2.39. The topological polar surface area (TPSA) is 27.7 Å². The molecule has 0 radical (unpaired) electrons. The average molecular weight is 354 g/mol. The Morgan fingerprint density at radius 1 is 1.08 bits per heavy atom. The molecule has 0 spiro atoms. The highest BCUT2D eigenvalue weighted by molar-refractivity contribution is 6.70. The zero-order valence-electron chi connectivity index (χ0n) is 17.7. The molecular formula is C19H39BO3Si. The standard InChI is InChI=1S/C19H39BO3Si/c1-15(2)12-11-13-16(3)14-17(21-24(8,9)10)20-22-18(4,5)19(6,7)23-20/h12,16-17H,11,13-14H2,1-10H3/t16-,17+/m1/s1. The van der Waals surface area contributed by atoms with Crippen LogP contribution in [-0.2, 0) is 13.7 Å². The van der Waals surface area contributed by atoms with Gasteiger partial charge in [0.05, 0.1) is 17.2 Å². The summed E-state index contributed by atoms with van der Waals surface area (Å²) in [7, 11) is -1.94. The van der Waals surface area contributed by atoms with Gasteiger partial charge in [-0.1, -0.05) is 18.6 Å². The molecule has 1 rings (SSSR count). The zero-order chi connectivity index (χ0) is 18.8. The van der Waals surface area contributed by atoms with Crippen LogP contribution in [0.4, 0.5) is 0 Å². The third kappa shape index (κ3) is 6.66. The second-order valence-corrected chi connectivity index (χ2v) is 14.1. The lowest BCUT2D eigenvalue weighted by Gasteiger charge is -2.32. The van der Waals surface area contributed by atoms with Gasteiger partial charge in [0, 0.05) is 0 Å². The fraction of sp³-hybridized carbons (Fsp3) is 0.895. The molecule has 1 fully saturated rings. The van der Waals surface area contributed by atoms with Crippen LogP contribution in [0.1, 0.15) is 67.7 Å². The first-order chi connectivity index (χ1) is 10.7. The SMILES string of the molecule is CC(C)=CCC[C@@H](C)C[C@H](O[Si](C)(C)C)B1OC(C)(C)C(C)(C)O1. The highest BCUT2D eigenvalue weighted by atomic mass is 28.4. The summed E-state index contributed by atoms with van der Waals surface area (Å²) < 4.78 is 19.0. The van der Waals surface area contributed by atoms with Crippen molar-refractivity contribution in [3.63, 3.8) is 0 Å². The summed E-state index contributed by atoms with van der Waals surface area (Å²) in [6.07, 6.45) is 5.61. The van der Waals surface area contributed by atoms with Crippen LogP contribution in [0.25, 0.3) is 0 Å². The average Bonchev–Trinajstić information content (AvgIpc) is 2.55. The van der Waals surface area contributed by atoms with Crippen molar-refractivity contribution < 1.29 is 13.7 Å². The molecule has 0 amide bonds. The maximum Gasteiger partial charge on any atom is 0.487 e. The summed E-state index contributed by atoms with van der Waals surface area (Å²) in [5.41, 5.74) is 0.789. The van der Waals surface area contributed by atoms with Crippen LogP contribution in [0.2, 0.25) is 19.6 Å². The predicted molar refractivity (Wildman–Crippen MR) is 107 cm³/mol. The van der Waals surface area contributed by atoms with Gasteiger partial charge in [0.15, 0.2) is 8.32 Å². The van der Waals surface area contributed by atoms with Crippen molar-refractivity contribution in [2.45, 2.75) is 105 Å². The third-order valence-electron chi connectivity index (χ3n) is 4.93. The Morgan fingerprint density at radius 3 is 2.00 bits per heavy atom. The Bertz CT molecular complexity index is 420. The lowest BCUT2D eigenvalue weighted by Crippen LogP contribution is -2.44. The van der Waals surface area contributed by atoms with E-state index in [1.165, 1.54) is 12.0 Å². The molecule has 140 valence electrons. The number of rotatable bonds is 8. The minimum Gasteiger partial charge on any atom is -0.417 e. The first kappa shape index (κ1) is 21.9. The number of allylic oxidation sites excluding steroid dienone is 2. The van der Waals surface area contributed by atoms with Gasteiger partial charge < -0.3 is 13.7 Å². The minimum atomic E-state index is -1.67. The zero-order valence-corrected chi connectivity index (χ0v) is 18.7. The van der Waals surface area contributed by atoms with E-state index in [0.29, 0.717) is 5.92 Å². The Labute approximate surface area is 151 Å². The van der Waals surface area contributed by atoms with Crippen LogP contribution in [-0.4, -0.2) is 32.6 Å². The van der Waals surface area contributed by atoms with E-state index in [4.69, 9.17) is 13.7 Å². The predicted octanol–water partition coefficient (Wildman–Crippen LogP) is 5.61. The van der Waals surface area contributed by atoms with Crippen molar-refractivity contribution >= 4 is 15.4 Å². The molecule has 1 aliphatic heterocycles. The molecule has 3 nitrogen and oxygen atoms in total. The summed E-state index contributed by atoms with van der Waals surface area (Å²) in [5, 5.41) is 0.